The minimum atomic E-state index is -0.434. The van der Waals surface area contributed by atoms with Gasteiger partial charge in [0.25, 0.3) is 0 Å². The predicted octanol–water partition coefficient (Wildman–Crippen LogP) is 2.26. The lowest BCUT2D eigenvalue weighted by molar-refractivity contribution is 0.0521. The summed E-state index contributed by atoms with van der Waals surface area (Å²) in [5.74, 6) is 0.286. The Morgan fingerprint density at radius 1 is 1.44 bits per heavy atom. The highest BCUT2D eigenvalue weighted by atomic mass is 16.5. The van der Waals surface area contributed by atoms with Crippen LogP contribution in [0.5, 0.6) is 5.75 Å². The number of aromatic nitrogens is 2. The van der Waals surface area contributed by atoms with Crippen LogP contribution in [0.25, 0.3) is 11.3 Å². The van der Waals surface area contributed by atoms with Crippen molar-refractivity contribution in [3.8, 4) is 17.0 Å². The van der Waals surface area contributed by atoms with Gasteiger partial charge in [-0.1, -0.05) is 12.1 Å². The van der Waals surface area contributed by atoms with Gasteiger partial charge in [-0.05, 0) is 19.1 Å². The smallest absolute Gasteiger partial charge is 0.359 e. The van der Waals surface area contributed by atoms with E-state index in [1.54, 1.807) is 14.0 Å². The van der Waals surface area contributed by atoms with E-state index in [1.165, 1.54) is 6.33 Å². The molecule has 94 valence electrons. The summed E-state index contributed by atoms with van der Waals surface area (Å²) >= 11 is 0. The molecule has 0 radical (unpaired) electrons. The van der Waals surface area contributed by atoms with E-state index in [0.29, 0.717) is 12.3 Å². The number of ether oxygens (including phenoxy) is 2. The first kappa shape index (κ1) is 12.2. The summed E-state index contributed by atoms with van der Waals surface area (Å²) in [6.45, 7) is 2.08. The molecule has 0 bridgehead atoms. The van der Waals surface area contributed by atoms with Crippen molar-refractivity contribution >= 4 is 5.97 Å². The van der Waals surface area contributed by atoms with Gasteiger partial charge in [-0.15, -0.1) is 0 Å². The largest absolute Gasteiger partial charge is 0.497 e. The molecule has 0 saturated carbocycles. The van der Waals surface area contributed by atoms with E-state index < -0.39 is 5.97 Å². The van der Waals surface area contributed by atoms with E-state index >= 15 is 0 Å². The molecule has 18 heavy (non-hydrogen) atoms. The molecule has 0 aliphatic carbocycles. The molecule has 1 aromatic heterocycles. The van der Waals surface area contributed by atoms with E-state index in [2.05, 4.69) is 9.97 Å². The molecule has 0 aliphatic rings. The van der Waals surface area contributed by atoms with Gasteiger partial charge >= 0.3 is 5.97 Å². The van der Waals surface area contributed by atoms with Crippen molar-refractivity contribution in [3.63, 3.8) is 0 Å². The Hall–Kier alpha value is -2.30. The zero-order valence-electron chi connectivity index (χ0n) is 10.3. The number of aromatic amines is 1. The highest BCUT2D eigenvalue weighted by molar-refractivity contribution is 5.94. The molecule has 1 N–H and O–H groups in total. The number of esters is 1. The normalized spacial score (nSPS) is 10.1. The number of nitrogens with zero attached hydrogens (tertiary/aromatic N) is 1. The second-order valence-corrected chi connectivity index (χ2v) is 3.58. The summed E-state index contributed by atoms with van der Waals surface area (Å²) in [7, 11) is 1.60. The maximum atomic E-state index is 11.7. The molecule has 0 saturated heterocycles. The molecule has 0 spiro atoms. The number of carbonyl (C=O) groups excluding carboxylic acids is 1. The Bertz CT molecular complexity index is 549. The summed E-state index contributed by atoms with van der Waals surface area (Å²) in [5, 5.41) is 0. The lowest BCUT2D eigenvalue weighted by atomic mass is 10.1. The fourth-order valence-corrected chi connectivity index (χ4v) is 1.65. The van der Waals surface area contributed by atoms with Gasteiger partial charge in [-0.2, -0.15) is 0 Å². The number of H-pyrrole nitrogens is 1. The summed E-state index contributed by atoms with van der Waals surface area (Å²) < 4.78 is 10.1. The zero-order chi connectivity index (χ0) is 13.0. The molecular formula is C13H14N2O3. The topological polar surface area (TPSA) is 64.2 Å². The molecule has 2 rings (SSSR count). The van der Waals surface area contributed by atoms with Crippen LogP contribution in [-0.2, 0) is 4.74 Å². The quantitative estimate of drug-likeness (QED) is 0.840. The number of benzene rings is 1. The number of nitrogens with one attached hydrogen (secondary N) is 1. The third-order valence-electron chi connectivity index (χ3n) is 2.47. The van der Waals surface area contributed by atoms with Gasteiger partial charge in [0, 0.05) is 5.56 Å². The molecule has 1 aromatic carbocycles. The first-order valence-corrected chi connectivity index (χ1v) is 5.61. The molecule has 5 heteroatoms. The van der Waals surface area contributed by atoms with Crippen molar-refractivity contribution in [2.75, 3.05) is 13.7 Å². The summed E-state index contributed by atoms with van der Waals surface area (Å²) in [6.07, 6.45) is 1.47. The summed E-state index contributed by atoms with van der Waals surface area (Å²) in [6, 6.07) is 7.39. The minimum Gasteiger partial charge on any atom is -0.497 e. The predicted molar refractivity (Wildman–Crippen MR) is 66.5 cm³/mol. The number of carbonyl (C=O) groups is 1. The Kier molecular flexibility index (Phi) is 3.62. The van der Waals surface area contributed by atoms with Gasteiger partial charge in [0.05, 0.1) is 25.7 Å². The van der Waals surface area contributed by atoms with Gasteiger partial charge in [-0.25, -0.2) is 9.78 Å². The number of rotatable bonds is 4. The minimum absolute atomic E-state index is 0.283. The molecule has 5 nitrogen and oxygen atoms in total. The van der Waals surface area contributed by atoms with Crippen LogP contribution in [0, 0.1) is 0 Å². The second kappa shape index (κ2) is 5.35. The molecule has 0 fully saturated rings. The van der Waals surface area contributed by atoms with Crippen molar-refractivity contribution in [1.29, 1.82) is 0 Å². The van der Waals surface area contributed by atoms with Gasteiger partial charge < -0.3 is 14.5 Å². The highest BCUT2D eigenvalue weighted by Crippen LogP contribution is 2.24. The molecule has 0 unspecified atom stereocenters. The van der Waals surface area contributed by atoms with Gasteiger partial charge in [0.1, 0.15) is 5.75 Å². The third kappa shape index (κ3) is 2.34. The third-order valence-corrected chi connectivity index (χ3v) is 2.47. The van der Waals surface area contributed by atoms with Crippen molar-refractivity contribution < 1.29 is 14.3 Å². The van der Waals surface area contributed by atoms with E-state index in [4.69, 9.17) is 9.47 Å². The molecule has 1 heterocycles. The average Bonchev–Trinajstić information content (AvgIpc) is 2.88. The first-order chi connectivity index (χ1) is 8.76. The van der Waals surface area contributed by atoms with Crippen LogP contribution in [0.3, 0.4) is 0 Å². The number of imidazole rings is 1. The summed E-state index contributed by atoms with van der Waals surface area (Å²) in [4.78, 5) is 18.7. The lowest BCUT2D eigenvalue weighted by Crippen LogP contribution is -2.06. The molecular weight excluding hydrogens is 232 g/mol. The van der Waals surface area contributed by atoms with E-state index in [1.807, 2.05) is 24.3 Å². The van der Waals surface area contributed by atoms with Gasteiger partial charge in [-0.3, -0.25) is 0 Å². The average molecular weight is 246 g/mol. The van der Waals surface area contributed by atoms with E-state index in [0.717, 1.165) is 11.3 Å². The van der Waals surface area contributed by atoms with Gasteiger partial charge in [0.2, 0.25) is 0 Å². The van der Waals surface area contributed by atoms with Crippen molar-refractivity contribution in [2.45, 2.75) is 6.92 Å². The van der Waals surface area contributed by atoms with E-state index in [-0.39, 0.29) is 5.69 Å². The standard InChI is InChI=1S/C13H14N2O3/c1-3-18-13(16)12-11(14-8-15-12)9-5-4-6-10(7-9)17-2/h4-8H,3H2,1-2H3,(H,14,15). The number of hydrogen-bond donors (Lipinski definition) is 1. The first-order valence-electron chi connectivity index (χ1n) is 5.61. The van der Waals surface area contributed by atoms with E-state index in [9.17, 15) is 4.79 Å². The molecule has 0 amide bonds. The van der Waals surface area contributed by atoms with Crippen molar-refractivity contribution in [3.05, 3.63) is 36.3 Å². The Balaban J connectivity index is 2.38. The molecule has 2 aromatic rings. The molecule has 0 aliphatic heterocycles. The lowest BCUT2D eigenvalue weighted by Gasteiger charge is -2.05. The number of methoxy groups -OCH3 is 1. The SMILES string of the molecule is CCOC(=O)c1nc[nH]c1-c1cccc(OC)c1. The summed E-state index contributed by atoms with van der Waals surface area (Å²) in [5.41, 5.74) is 1.74. The zero-order valence-corrected chi connectivity index (χ0v) is 10.3. The molecule has 0 atom stereocenters. The maximum Gasteiger partial charge on any atom is 0.359 e. The van der Waals surface area contributed by atoms with Crippen LogP contribution in [0.15, 0.2) is 30.6 Å². The fraction of sp³-hybridized carbons (Fsp3) is 0.231. The second-order valence-electron chi connectivity index (χ2n) is 3.58. The Labute approximate surface area is 105 Å². The fourth-order valence-electron chi connectivity index (χ4n) is 1.65. The van der Waals surface area contributed by atoms with Crippen LogP contribution >= 0.6 is 0 Å². The van der Waals surface area contributed by atoms with Gasteiger partial charge in [0.15, 0.2) is 5.69 Å². The Morgan fingerprint density at radius 3 is 3.00 bits per heavy atom. The van der Waals surface area contributed by atoms with Crippen LogP contribution < -0.4 is 4.74 Å². The Morgan fingerprint density at radius 2 is 2.28 bits per heavy atom. The van der Waals surface area contributed by atoms with Crippen LogP contribution in [0.4, 0.5) is 0 Å². The maximum absolute atomic E-state index is 11.7. The van der Waals surface area contributed by atoms with Crippen molar-refractivity contribution in [1.82, 2.24) is 9.97 Å². The van der Waals surface area contributed by atoms with Crippen molar-refractivity contribution in [2.24, 2.45) is 0 Å². The van der Waals surface area contributed by atoms with Crippen LogP contribution in [0.2, 0.25) is 0 Å². The van der Waals surface area contributed by atoms with Crippen LogP contribution in [0.1, 0.15) is 17.4 Å². The monoisotopic (exact) mass is 246 g/mol. The number of hydrogen-bond acceptors (Lipinski definition) is 4. The highest BCUT2D eigenvalue weighted by Gasteiger charge is 2.17. The van der Waals surface area contributed by atoms with Crippen LogP contribution in [-0.4, -0.2) is 29.7 Å².